The van der Waals surface area contributed by atoms with Crippen molar-refractivity contribution >= 4 is 11.8 Å². The molecule has 22 heavy (non-hydrogen) atoms. The maximum atomic E-state index is 12.7. The van der Waals surface area contributed by atoms with Crippen LogP contribution in [-0.2, 0) is 11.3 Å². The lowest BCUT2D eigenvalue weighted by atomic mass is 10.1. The molecule has 2 aromatic carbocycles. The maximum absolute atomic E-state index is 12.7. The molecule has 2 aromatic rings. The van der Waals surface area contributed by atoms with Crippen molar-refractivity contribution in [1.29, 1.82) is 0 Å². The summed E-state index contributed by atoms with van der Waals surface area (Å²) in [4.78, 5) is 25.4. The summed E-state index contributed by atoms with van der Waals surface area (Å²) in [6.45, 7) is 2.72. The van der Waals surface area contributed by atoms with Crippen LogP contribution in [0.1, 0.15) is 27.9 Å². The second-order valence-corrected chi connectivity index (χ2v) is 5.30. The lowest BCUT2D eigenvalue weighted by Gasteiger charge is -2.22. The summed E-state index contributed by atoms with van der Waals surface area (Å²) in [5.41, 5.74) is 7.89. The highest BCUT2D eigenvalue weighted by Crippen LogP contribution is 2.12. The Hall–Kier alpha value is -2.62. The molecule has 2 rings (SSSR count). The number of carbonyl (C=O) groups is 2. The summed E-state index contributed by atoms with van der Waals surface area (Å²) in [6, 6.07) is 17.2. The summed E-state index contributed by atoms with van der Waals surface area (Å²) >= 11 is 0. The van der Waals surface area contributed by atoms with Gasteiger partial charge in [0.15, 0.2) is 0 Å². The highest BCUT2D eigenvalue weighted by molar-refractivity contribution is 5.94. The van der Waals surface area contributed by atoms with Gasteiger partial charge in [0.05, 0.1) is 0 Å². The number of amides is 2. The molecule has 0 saturated heterocycles. The van der Waals surface area contributed by atoms with Crippen LogP contribution in [0.3, 0.4) is 0 Å². The molecule has 0 aromatic heterocycles. The highest BCUT2D eigenvalue weighted by Gasteiger charge is 2.16. The number of rotatable bonds is 6. The SMILES string of the molecule is Cc1cccc(C(=O)N(CCC(N)=O)Cc2ccccc2)c1. The number of hydrogen-bond donors (Lipinski definition) is 1. The van der Waals surface area contributed by atoms with E-state index in [1.807, 2.05) is 55.5 Å². The monoisotopic (exact) mass is 296 g/mol. The maximum Gasteiger partial charge on any atom is 0.254 e. The largest absolute Gasteiger partial charge is 0.370 e. The molecule has 0 aliphatic heterocycles. The number of nitrogens with two attached hydrogens (primary N) is 1. The number of carbonyl (C=O) groups excluding carboxylic acids is 2. The third-order valence-corrected chi connectivity index (χ3v) is 3.40. The summed E-state index contributed by atoms with van der Waals surface area (Å²) in [5, 5.41) is 0. The molecule has 0 unspecified atom stereocenters. The van der Waals surface area contributed by atoms with Gasteiger partial charge in [0, 0.05) is 25.1 Å². The molecule has 2 N–H and O–H groups in total. The Morgan fingerprint density at radius 3 is 2.41 bits per heavy atom. The third kappa shape index (κ3) is 4.45. The van der Waals surface area contributed by atoms with Crippen molar-refractivity contribution in [2.24, 2.45) is 5.73 Å². The van der Waals surface area contributed by atoms with Gasteiger partial charge in [-0.25, -0.2) is 0 Å². The Kier molecular flexibility index (Phi) is 5.31. The Morgan fingerprint density at radius 2 is 1.77 bits per heavy atom. The minimum atomic E-state index is -0.407. The Bertz CT molecular complexity index is 653. The normalized spacial score (nSPS) is 10.2. The Balaban J connectivity index is 2.19. The van der Waals surface area contributed by atoms with E-state index in [-0.39, 0.29) is 12.3 Å². The Morgan fingerprint density at radius 1 is 1.05 bits per heavy atom. The van der Waals surface area contributed by atoms with E-state index in [4.69, 9.17) is 5.73 Å². The summed E-state index contributed by atoms with van der Waals surface area (Å²) < 4.78 is 0. The van der Waals surface area contributed by atoms with E-state index in [0.717, 1.165) is 11.1 Å². The van der Waals surface area contributed by atoms with Gasteiger partial charge in [-0.1, -0.05) is 48.0 Å². The average molecular weight is 296 g/mol. The fourth-order valence-corrected chi connectivity index (χ4v) is 2.26. The highest BCUT2D eigenvalue weighted by atomic mass is 16.2. The number of hydrogen-bond acceptors (Lipinski definition) is 2. The van der Waals surface area contributed by atoms with Gasteiger partial charge in [-0.05, 0) is 24.6 Å². The summed E-state index contributed by atoms with van der Waals surface area (Å²) in [6.07, 6.45) is 0.157. The molecule has 2 amide bonds. The van der Waals surface area contributed by atoms with Gasteiger partial charge >= 0.3 is 0 Å². The van der Waals surface area contributed by atoms with Crippen LogP contribution in [0.15, 0.2) is 54.6 Å². The van der Waals surface area contributed by atoms with E-state index >= 15 is 0 Å². The smallest absolute Gasteiger partial charge is 0.254 e. The topological polar surface area (TPSA) is 63.4 Å². The molecule has 4 heteroatoms. The fraction of sp³-hybridized carbons (Fsp3) is 0.222. The second kappa shape index (κ2) is 7.41. The lowest BCUT2D eigenvalue weighted by molar-refractivity contribution is -0.118. The first-order chi connectivity index (χ1) is 10.6. The molecule has 0 heterocycles. The van der Waals surface area contributed by atoms with Crippen LogP contribution in [0.4, 0.5) is 0 Å². The van der Waals surface area contributed by atoms with E-state index in [0.29, 0.717) is 18.7 Å². The van der Waals surface area contributed by atoms with Gasteiger partial charge in [-0.3, -0.25) is 9.59 Å². The first-order valence-corrected chi connectivity index (χ1v) is 7.24. The van der Waals surface area contributed by atoms with Gasteiger partial charge in [0.1, 0.15) is 0 Å². The van der Waals surface area contributed by atoms with Crippen molar-refractivity contribution in [2.75, 3.05) is 6.54 Å². The molecule has 0 fully saturated rings. The van der Waals surface area contributed by atoms with E-state index in [2.05, 4.69) is 0 Å². The first-order valence-electron chi connectivity index (χ1n) is 7.24. The molecule has 0 radical (unpaired) electrons. The predicted octanol–water partition coefficient (Wildman–Crippen LogP) is 2.51. The number of benzene rings is 2. The van der Waals surface area contributed by atoms with E-state index in [9.17, 15) is 9.59 Å². The minimum Gasteiger partial charge on any atom is -0.370 e. The number of nitrogens with zero attached hydrogens (tertiary/aromatic N) is 1. The minimum absolute atomic E-state index is 0.0891. The lowest BCUT2D eigenvalue weighted by Crippen LogP contribution is -2.33. The molecule has 0 aliphatic carbocycles. The molecule has 0 aliphatic rings. The van der Waals surface area contributed by atoms with Gasteiger partial charge in [-0.2, -0.15) is 0 Å². The van der Waals surface area contributed by atoms with Crippen LogP contribution in [0.2, 0.25) is 0 Å². The molecule has 114 valence electrons. The van der Waals surface area contributed by atoms with E-state index in [1.54, 1.807) is 11.0 Å². The van der Waals surface area contributed by atoms with Crippen molar-refractivity contribution in [3.8, 4) is 0 Å². The van der Waals surface area contributed by atoms with E-state index < -0.39 is 5.91 Å². The predicted molar refractivity (Wildman–Crippen MR) is 86.2 cm³/mol. The second-order valence-electron chi connectivity index (χ2n) is 5.30. The van der Waals surface area contributed by atoms with Gasteiger partial charge in [-0.15, -0.1) is 0 Å². The zero-order valence-electron chi connectivity index (χ0n) is 12.7. The number of aryl methyl sites for hydroxylation is 1. The van der Waals surface area contributed by atoms with E-state index in [1.165, 1.54) is 0 Å². The zero-order chi connectivity index (χ0) is 15.9. The van der Waals surface area contributed by atoms with Crippen LogP contribution < -0.4 is 5.73 Å². The van der Waals surface area contributed by atoms with Crippen LogP contribution in [-0.4, -0.2) is 23.3 Å². The van der Waals surface area contributed by atoms with Crippen LogP contribution in [0, 0.1) is 6.92 Å². The van der Waals surface area contributed by atoms with Crippen molar-refractivity contribution in [3.05, 3.63) is 71.3 Å². The molecule has 0 atom stereocenters. The molecule has 0 bridgehead atoms. The van der Waals surface area contributed by atoms with Crippen molar-refractivity contribution < 1.29 is 9.59 Å². The average Bonchev–Trinajstić information content (AvgIpc) is 2.51. The van der Waals surface area contributed by atoms with Gasteiger partial charge < -0.3 is 10.6 Å². The van der Waals surface area contributed by atoms with Crippen LogP contribution in [0.5, 0.6) is 0 Å². The fourth-order valence-electron chi connectivity index (χ4n) is 2.26. The molecular weight excluding hydrogens is 276 g/mol. The zero-order valence-corrected chi connectivity index (χ0v) is 12.7. The Labute approximate surface area is 130 Å². The van der Waals surface area contributed by atoms with Crippen molar-refractivity contribution in [2.45, 2.75) is 19.9 Å². The number of primary amides is 1. The summed E-state index contributed by atoms with van der Waals surface area (Å²) in [5.74, 6) is -0.496. The molecular formula is C18H20N2O2. The third-order valence-electron chi connectivity index (χ3n) is 3.40. The van der Waals surface area contributed by atoms with Gasteiger partial charge in [0.2, 0.25) is 5.91 Å². The summed E-state index contributed by atoms with van der Waals surface area (Å²) in [7, 11) is 0. The van der Waals surface area contributed by atoms with Crippen molar-refractivity contribution in [1.82, 2.24) is 4.90 Å². The van der Waals surface area contributed by atoms with Crippen molar-refractivity contribution in [3.63, 3.8) is 0 Å². The van der Waals surface area contributed by atoms with Crippen LogP contribution in [0.25, 0.3) is 0 Å². The molecule has 4 nitrogen and oxygen atoms in total. The van der Waals surface area contributed by atoms with Crippen LogP contribution >= 0.6 is 0 Å². The first kappa shape index (κ1) is 15.8. The molecule has 0 spiro atoms. The standard InChI is InChI=1S/C18H20N2O2/c1-14-6-5-9-16(12-14)18(22)20(11-10-17(19)21)13-15-7-3-2-4-8-15/h2-9,12H,10-11,13H2,1H3,(H2,19,21). The van der Waals surface area contributed by atoms with Gasteiger partial charge in [0.25, 0.3) is 5.91 Å². The quantitative estimate of drug-likeness (QED) is 0.890. The molecule has 0 saturated carbocycles.